The summed E-state index contributed by atoms with van der Waals surface area (Å²) in [6.45, 7) is 7.86. The van der Waals surface area contributed by atoms with Gasteiger partial charge in [0.2, 0.25) is 17.7 Å². The predicted octanol–water partition coefficient (Wildman–Crippen LogP) is -0.0535. The minimum absolute atomic E-state index is 0.0206. The molecule has 3 aliphatic rings. The molecule has 29 heavy (non-hydrogen) atoms. The summed E-state index contributed by atoms with van der Waals surface area (Å²) < 4.78 is 29.5. The van der Waals surface area contributed by atoms with Crippen molar-refractivity contribution in [1.82, 2.24) is 15.5 Å². The van der Waals surface area contributed by atoms with Gasteiger partial charge in [-0.2, -0.15) is 0 Å². The third-order valence-electron chi connectivity index (χ3n) is 6.09. The molecule has 164 valence electrons. The van der Waals surface area contributed by atoms with Gasteiger partial charge in [0.25, 0.3) is 0 Å². The first-order valence-electron chi connectivity index (χ1n) is 10.2. The van der Waals surface area contributed by atoms with Crippen molar-refractivity contribution >= 4 is 27.6 Å². The van der Waals surface area contributed by atoms with E-state index in [1.165, 1.54) is 13.8 Å². The molecule has 3 saturated heterocycles. The molecule has 0 radical (unpaired) electrons. The predicted molar refractivity (Wildman–Crippen MR) is 105 cm³/mol. The lowest BCUT2D eigenvalue weighted by Crippen LogP contribution is -2.61. The molecule has 3 heterocycles. The van der Waals surface area contributed by atoms with Gasteiger partial charge >= 0.3 is 0 Å². The highest BCUT2D eigenvalue weighted by molar-refractivity contribution is 7.93. The quantitative estimate of drug-likeness (QED) is 0.547. The molecule has 2 N–H and O–H groups in total. The number of sulfone groups is 1. The molecule has 0 aromatic rings. The summed E-state index contributed by atoms with van der Waals surface area (Å²) in [5, 5.41) is 4.60. The molecule has 10 heteroatoms. The Kier molecular flexibility index (Phi) is 5.97. The third-order valence-corrected chi connectivity index (χ3v) is 8.89. The maximum absolute atomic E-state index is 13.1. The van der Waals surface area contributed by atoms with Crippen molar-refractivity contribution in [3.8, 4) is 0 Å². The first-order valence-corrected chi connectivity index (χ1v) is 11.8. The molecular formula is C19H31N3O6S. The maximum atomic E-state index is 13.1. The molecule has 3 aliphatic heterocycles. The second-order valence-corrected chi connectivity index (χ2v) is 11.8. The van der Waals surface area contributed by atoms with Crippen LogP contribution in [0.5, 0.6) is 0 Å². The van der Waals surface area contributed by atoms with E-state index in [0.717, 1.165) is 17.7 Å². The number of rotatable bonds is 7. The van der Waals surface area contributed by atoms with Crippen molar-refractivity contribution < 1.29 is 27.5 Å². The molecule has 0 spiro atoms. The van der Waals surface area contributed by atoms with Crippen molar-refractivity contribution in [3.05, 3.63) is 0 Å². The van der Waals surface area contributed by atoms with E-state index < -0.39 is 37.9 Å². The monoisotopic (exact) mass is 429 g/mol. The lowest BCUT2D eigenvalue weighted by molar-refractivity contribution is -0.150. The molecule has 0 aromatic heterocycles. The van der Waals surface area contributed by atoms with Gasteiger partial charge in [-0.1, -0.05) is 13.8 Å². The summed E-state index contributed by atoms with van der Waals surface area (Å²) >= 11 is 0. The lowest BCUT2D eigenvalue weighted by Gasteiger charge is -2.37. The van der Waals surface area contributed by atoms with Crippen LogP contribution in [-0.4, -0.2) is 72.5 Å². The van der Waals surface area contributed by atoms with Crippen LogP contribution >= 0.6 is 0 Å². The van der Waals surface area contributed by atoms with Gasteiger partial charge in [-0.3, -0.25) is 14.4 Å². The Balaban J connectivity index is 1.72. The van der Waals surface area contributed by atoms with Gasteiger partial charge in [0.05, 0.1) is 17.3 Å². The van der Waals surface area contributed by atoms with Crippen LogP contribution in [0.3, 0.4) is 0 Å². The number of fused-ring (bicyclic) bond motifs is 1. The van der Waals surface area contributed by atoms with Crippen LogP contribution in [0.4, 0.5) is 0 Å². The Morgan fingerprint density at radius 1 is 1.31 bits per heavy atom. The molecule has 4 unspecified atom stereocenters. The molecule has 0 saturated carbocycles. The second kappa shape index (κ2) is 7.86. The largest absolute Gasteiger partial charge is 0.376 e. The summed E-state index contributed by atoms with van der Waals surface area (Å²) in [5.41, 5.74) is 0. The fourth-order valence-electron chi connectivity index (χ4n) is 4.35. The van der Waals surface area contributed by atoms with Gasteiger partial charge in [-0.05, 0) is 39.0 Å². The number of ether oxygens (including phenoxy) is 1. The summed E-state index contributed by atoms with van der Waals surface area (Å²) in [6.07, 6.45) is 2.14. The number of nitrogens with zero attached hydrogens (tertiary/aromatic N) is 1. The zero-order chi connectivity index (χ0) is 21.6. The van der Waals surface area contributed by atoms with Crippen LogP contribution < -0.4 is 10.6 Å². The van der Waals surface area contributed by atoms with Crippen LogP contribution in [0.2, 0.25) is 0 Å². The number of nitrogens with one attached hydrogen (secondary N) is 2. The van der Waals surface area contributed by atoms with Gasteiger partial charge in [-0.25, -0.2) is 8.42 Å². The van der Waals surface area contributed by atoms with Crippen LogP contribution in [0.25, 0.3) is 0 Å². The van der Waals surface area contributed by atoms with E-state index in [1.54, 1.807) is 0 Å². The van der Waals surface area contributed by atoms with Gasteiger partial charge in [0.15, 0.2) is 9.84 Å². The number of hydrogen-bond acceptors (Lipinski definition) is 6. The molecular weight excluding hydrogens is 398 g/mol. The zero-order valence-corrected chi connectivity index (χ0v) is 18.3. The van der Waals surface area contributed by atoms with E-state index in [9.17, 15) is 22.8 Å². The molecule has 3 amide bonds. The lowest BCUT2D eigenvalue weighted by atomic mass is 9.96. The van der Waals surface area contributed by atoms with Crippen LogP contribution in [0, 0.1) is 5.92 Å². The van der Waals surface area contributed by atoms with E-state index in [4.69, 9.17) is 4.74 Å². The first kappa shape index (κ1) is 22.0. The number of carbonyl (C=O) groups excluding carboxylic acids is 3. The Labute approximate surface area is 171 Å². The molecule has 3 fully saturated rings. The van der Waals surface area contributed by atoms with Crippen LogP contribution in [-0.2, 0) is 29.0 Å². The topological polar surface area (TPSA) is 122 Å². The average Bonchev–Trinajstić information content (AvgIpc) is 3.17. The van der Waals surface area contributed by atoms with E-state index >= 15 is 0 Å². The molecule has 0 bridgehead atoms. The third kappa shape index (κ3) is 3.88. The minimum Gasteiger partial charge on any atom is -0.376 e. The molecule has 0 aromatic carbocycles. The standard InChI is InChI=1S/C19H31N3O6S/c1-11(2)8-13(17(24)20-10-12-6-5-7-28-12)21-18(25)16-19(3,4)29(26,27)15-9-14(23)22(15)16/h11-13,15-16H,5-10H2,1-4H3,(H,20,24)(H,21,25). The van der Waals surface area contributed by atoms with Crippen molar-refractivity contribution in [2.45, 2.75) is 81.7 Å². The molecule has 3 rings (SSSR count). The van der Waals surface area contributed by atoms with E-state index in [0.29, 0.717) is 19.6 Å². The van der Waals surface area contributed by atoms with Gasteiger partial charge in [-0.15, -0.1) is 0 Å². The van der Waals surface area contributed by atoms with Crippen LogP contribution in [0.1, 0.15) is 53.4 Å². The Bertz CT molecular complexity index is 788. The van der Waals surface area contributed by atoms with Gasteiger partial charge in [0.1, 0.15) is 17.5 Å². The average molecular weight is 430 g/mol. The van der Waals surface area contributed by atoms with Crippen molar-refractivity contribution in [1.29, 1.82) is 0 Å². The highest BCUT2D eigenvalue weighted by atomic mass is 32.2. The second-order valence-electron chi connectivity index (χ2n) is 9.08. The maximum Gasteiger partial charge on any atom is 0.245 e. The summed E-state index contributed by atoms with van der Waals surface area (Å²) in [6, 6.07) is -1.95. The van der Waals surface area contributed by atoms with E-state index in [2.05, 4.69) is 10.6 Å². The van der Waals surface area contributed by atoms with E-state index in [-0.39, 0.29) is 30.3 Å². The van der Waals surface area contributed by atoms with Gasteiger partial charge < -0.3 is 20.3 Å². The fraction of sp³-hybridized carbons (Fsp3) is 0.842. The Morgan fingerprint density at radius 2 is 2.00 bits per heavy atom. The smallest absolute Gasteiger partial charge is 0.245 e. The summed E-state index contributed by atoms with van der Waals surface area (Å²) in [5.74, 6) is -1.15. The summed E-state index contributed by atoms with van der Waals surface area (Å²) in [7, 11) is -3.67. The first-order chi connectivity index (χ1) is 13.5. The number of β-lactam (4-membered cyclic amide) rings is 1. The molecule has 9 nitrogen and oxygen atoms in total. The fourth-order valence-corrected chi connectivity index (χ4v) is 6.48. The highest BCUT2D eigenvalue weighted by Crippen LogP contribution is 2.45. The number of carbonyl (C=O) groups is 3. The number of amides is 3. The van der Waals surface area contributed by atoms with E-state index in [1.807, 2.05) is 13.8 Å². The van der Waals surface area contributed by atoms with Crippen molar-refractivity contribution in [2.24, 2.45) is 5.92 Å². The normalized spacial score (nSPS) is 30.6. The Morgan fingerprint density at radius 3 is 2.55 bits per heavy atom. The Hall–Kier alpha value is -1.68. The highest BCUT2D eigenvalue weighted by Gasteiger charge is 2.67. The zero-order valence-electron chi connectivity index (χ0n) is 17.4. The molecule has 4 atom stereocenters. The van der Waals surface area contributed by atoms with Crippen molar-refractivity contribution in [3.63, 3.8) is 0 Å². The molecule has 0 aliphatic carbocycles. The van der Waals surface area contributed by atoms with Crippen molar-refractivity contribution in [2.75, 3.05) is 13.2 Å². The summed E-state index contributed by atoms with van der Waals surface area (Å²) in [4.78, 5) is 39.0. The van der Waals surface area contributed by atoms with Gasteiger partial charge in [0, 0.05) is 13.2 Å². The number of hydrogen-bond donors (Lipinski definition) is 2. The van der Waals surface area contributed by atoms with Crippen LogP contribution in [0.15, 0.2) is 0 Å². The SMILES string of the molecule is CC(C)CC(NC(=O)C1N2C(=O)CC2S(=O)(=O)C1(C)C)C(=O)NCC1CCCO1. The minimum atomic E-state index is -3.67.